The number of imidazole rings is 1. The van der Waals surface area contributed by atoms with Crippen molar-refractivity contribution >= 4 is 64.9 Å². The number of rotatable bonds is 20. The number of esters is 6. The molecule has 14 unspecified atom stereocenters. The van der Waals surface area contributed by atoms with E-state index in [1.165, 1.54) is 17.2 Å². The van der Waals surface area contributed by atoms with E-state index < -0.39 is 152 Å². The Bertz CT molecular complexity index is 3100. The fourth-order valence-electron chi connectivity index (χ4n) is 8.90. The van der Waals surface area contributed by atoms with Crippen LogP contribution in [0.4, 0.5) is 5.82 Å². The lowest BCUT2D eigenvalue weighted by Crippen LogP contribution is -2.64. The zero-order valence-corrected chi connectivity index (χ0v) is 52.7. The Balaban J connectivity index is 0.000000252. The summed E-state index contributed by atoms with van der Waals surface area (Å²) in [4.78, 5) is 82.9. The number of anilines is 1. The van der Waals surface area contributed by atoms with Crippen molar-refractivity contribution in [3.05, 3.63) is 71.8 Å². The average molecular weight is 1300 g/mol. The molecule has 4 aromatic rings. The normalized spacial score (nSPS) is 25.7. The van der Waals surface area contributed by atoms with Crippen molar-refractivity contribution in [1.29, 1.82) is 0 Å². The highest BCUT2D eigenvalue weighted by Crippen LogP contribution is 2.33. The van der Waals surface area contributed by atoms with Crippen LogP contribution < -0.4 is 10.5 Å². The average Bonchev–Trinajstić information content (AvgIpc) is 1.54. The van der Waals surface area contributed by atoms with E-state index in [2.05, 4.69) is 15.0 Å². The first-order valence-electron chi connectivity index (χ1n) is 29.3. The van der Waals surface area contributed by atoms with Crippen molar-refractivity contribution in [2.45, 2.75) is 211 Å². The van der Waals surface area contributed by atoms with Gasteiger partial charge in [-0.3, -0.25) is 33.3 Å². The lowest BCUT2D eigenvalue weighted by Gasteiger charge is -2.45. The molecule has 0 spiro atoms. The number of aliphatic hydroxyl groups is 9. The van der Waals surface area contributed by atoms with E-state index in [9.17, 15) is 79.8 Å². The van der Waals surface area contributed by atoms with Crippen LogP contribution in [-0.2, 0) is 71.4 Å². The third-order valence-electron chi connectivity index (χ3n) is 13.1. The number of nitrogen functional groups attached to an aromatic ring is 1. The molecule has 14 atom stereocenters. The summed E-state index contributed by atoms with van der Waals surface area (Å²) in [6, 6.07) is 12.4. The number of aromatic nitrogens is 4. The van der Waals surface area contributed by atoms with Gasteiger partial charge in [-0.15, -0.1) is 0 Å². The van der Waals surface area contributed by atoms with E-state index in [-0.39, 0.29) is 56.7 Å². The van der Waals surface area contributed by atoms with Crippen molar-refractivity contribution in [3.8, 4) is 11.5 Å². The number of phenols is 1. The molecule has 0 amide bonds. The van der Waals surface area contributed by atoms with Gasteiger partial charge in [0.2, 0.25) is 0 Å². The molecule has 31 heteroatoms. The molecule has 0 radical (unpaired) electrons. The topological polar surface area (TPSA) is 467 Å². The SMILES string of the molecule is CC(C)(C)OC(=O)CCC(=O)OCC1OC(O)C(O)C(O)C1OC1OC(CO)C(O)C(O)C1O.CC(C)(C)OC(=O)CCC(=O)OCC1OC(n2cnc3c(N)ncnc32)C(O)C1O.Cc1cc(O)cc(/C=C/c2ccc(OC(=O)CCC(=O)OC(C)(C)C)cc2)c1. The van der Waals surface area contributed by atoms with Gasteiger partial charge in [0.05, 0.1) is 51.5 Å². The molecule has 2 aromatic heterocycles. The fourth-order valence-corrected chi connectivity index (χ4v) is 8.90. The minimum Gasteiger partial charge on any atom is -0.508 e. The predicted molar refractivity (Wildman–Crippen MR) is 318 cm³/mol. The molecule has 2 aromatic carbocycles. The number of phenolic OH excluding ortho intramolecular Hbond substituents is 1. The largest absolute Gasteiger partial charge is 0.508 e. The van der Waals surface area contributed by atoms with Crippen molar-refractivity contribution in [2.24, 2.45) is 0 Å². The summed E-state index contributed by atoms with van der Waals surface area (Å²) < 4.78 is 53.7. The molecule has 12 N–H and O–H groups in total. The summed E-state index contributed by atoms with van der Waals surface area (Å²) in [7, 11) is 0. The molecule has 5 heterocycles. The number of hydrogen-bond donors (Lipinski definition) is 11. The summed E-state index contributed by atoms with van der Waals surface area (Å²) in [6.07, 6.45) is -15.8. The number of carbonyl (C=O) groups excluding carboxylic acids is 6. The number of nitrogens with zero attached hydrogens (tertiary/aromatic N) is 4. The highest BCUT2D eigenvalue weighted by molar-refractivity contribution is 5.82. The number of aliphatic hydroxyl groups excluding tert-OH is 9. The van der Waals surface area contributed by atoms with Gasteiger partial charge in [-0.1, -0.05) is 30.4 Å². The molecule has 3 aliphatic rings. The number of carbonyl (C=O) groups is 6. The quantitative estimate of drug-likeness (QED) is 0.0253. The molecule has 7 rings (SSSR count). The Morgan fingerprint density at radius 1 is 0.565 bits per heavy atom. The van der Waals surface area contributed by atoms with Gasteiger partial charge in [0.25, 0.3) is 0 Å². The van der Waals surface area contributed by atoms with Crippen LogP contribution in [0.3, 0.4) is 0 Å². The number of ether oxygens (including phenoxy) is 10. The second-order valence-corrected chi connectivity index (χ2v) is 24.6. The Hall–Kier alpha value is -7.37. The first-order chi connectivity index (χ1) is 42.9. The van der Waals surface area contributed by atoms with Gasteiger partial charge in [0.15, 0.2) is 30.3 Å². The highest BCUT2D eigenvalue weighted by atomic mass is 16.7. The zero-order valence-electron chi connectivity index (χ0n) is 52.7. The van der Waals surface area contributed by atoms with E-state index in [1.54, 1.807) is 86.6 Å². The Labute approximate surface area is 529 Å². The molecule has 92 heavy (non-hydrogen) atoms. The Kier molecular flexibility index (Phi) is 27.4. The van der Waals surface area contributed by atoms with Crippen molar-refractivity contribution < 1.29 is 127 Å². The molecule has 0 saturated carbocycles. The van der Waals surface area contributed by atoms with Crippen LogP contribution in [0, 0.1) is 6.92 Å². The van der Waals surface area contributed by atoms with Gasteiger partial charge in [0.1, 0.15) is 121 Å². The van der Waals surface area contributed by atoms with E-state index in [0.29, 0.717) is 16.9 Å². The van der Waals surface area contributed by atoms with Crippen LogP contribution in [0.1, 0.15) is 124 Å². The molecule has 0 aliphatic carbocycles. The van der Waals surface area contributed by atoms with Crippen LogP contribution in [0.25, 0.3) is 23.3 Å². The third kappa shape index (κ3) is 23.6. The molecule has 3 aliphatic heterocycles. The summed E-state index contributed by atoms with van der Waals surface area (Å²) in [5.74, 6) is -2.69. The van der Waals surface area contributed by atoms with Gasteiger partial charge < -0.3 is 104 Å². The van der Waals surface area contributed by atoms with Crippen LogP contribution in [-0.4, -0.2) is 223 Å². The lowest BCUT2D eigenvalue weighted by molar-refractivity contribution is -0.355. The highest BCUT2D eigenvalue weighted by Gasteiger charge is 2.51. The minimum absolute atomic E-state index is 0.0136. The molecule has 3 saturated heterocycles. The van der Waals surface area contributed by atoms with E-state index in [1.807, 2.05) is 37.3 Å². The zero-order chi connectivity index (χ0) is 68.6. The number of hydrogen-bond acceptors (Lipinski definition) is 30. The molecule has 510 valence electrons. The molecule has 3 fully saturated rings. The fraction of sp³-hybridized carbons (Fsp3) is 0.590. The van der Waals surface area contributed by atoms with Gasteiger partial charge >= 0.3 is 35.8 Å². The van der Waals surface area contributed by atoms with Crippen LogP contribution in [0.15, 0.2) is 55.1 Å². The summed E-state index contributed by atoms with van der Waals surface area (Å²) in [5, 5.41) is 99.7. The maximum absolute atomic E-state index is 12.0. The number of fused-ring (bicyclic) bond motifs is 1. The van der Waals surface area contributed by atoms with Gasteiger partial charge in [0, 0.05) is 0 Å². The Morgan fingerprint density at radius 3 is 1.61 bits per heavy atom. The minimum atomic E-state index is -1.87. The molecular weight excluding hydrogens is 1220 g/mol. The number of nitrogens with two attached hydrogens (primary N) is 1. The van der Waals surface area contributed by atoms with Crippen LogP contribution in [0.5, 0.6) is 11.5 Å². The van der Waals surface area contributed by atoms with Gasteiger partial charge in [-0.2, -0.15) is 0 Å². The molecular formula is C61H85N5O26. The maximum Gasteiger partial charge on any atom is 0.311 e. The van der Waals surface area contributed by atoms with Gasteiger partial charge in [-0.25, -0.2) is 15.0 Å². The number of benzene rings is 2. The summed E-state index contributed by atoms with van der Waals surface area (Å²) in [6.45, 7) is 15.8. The Morgan fingerprint density at radius 2 is 1.08 bits per heavy atom. The predicted octanol–water partition coefficient (Wildman–Crippen LogP) is 0.867. The monoisotopic (exact) mass is 1300 g/mol. The lowest BCUT2D eigenvalue weighted by atomic mass is 9.97. The number of aryl methyl sites for hydroxylation is 1. The molecule has 31 nitrogen and oxygen atoms in total. The first-order valence-corrected chi connectivity index (χ1v) is 29.3. The maximum atomic E-state index is 12.0. The third-order valence-corrected chi connectivity index (χ3v) is 13.1. The van der Waals surface area contributed by atoms with Crippen LogP contribution >= 0.6 is 0 Å². The van der Waals surface area contributed by atoms with E-state index >= 15 is 0 Å². The van der Waals surface area contributed by atoms with Crippen molar-refractivity contribution in [3.63, 3.8) is 0 Å². The van der Waals surface area contributed by atoms with Crippen molar-refractivity contribution in [2.75, 3.05) is 25.6 Å². The number of aromatic hydroxyl groups is 1. The van der Waals surface area contributed by atoms with Gasteiger partial charge in [-0.05, 0) is 110 Å². The molecule has 0 bridgehead atoms. The second-order valence-electron chi connectivity index (χ2n) is 24.6. The van der Waals surface area contributed by atoms with E-state index in [4.69, 9.17) is 53.1 Å². The second kappa shape index (κ2) is 33.5. The van der Waals surface area contributed by atoms with Crippen LogP contribution in [0.2, 0.25) is 0 Å². The summed E-state index contributed by atoms with van der Waals surface area (Å²) >= 11 is 0. The smallest absolute Gasteiger partial charge is 0.311 e. The van der Waals surface area contributed by atoms with Crippen molar-refractivity contribution in [1.82, 2.24) is 19.5 Å². The van der Waals surface area contributed by atoms with E-state index in [0.717, 1.165) is 16.7 Å². The first kappa shape index (κ1) is 75.4. The summed E-state index contributed by atoms with van der Waals surface area (Å²) in [5.41, 5.74) is 7.29. The standard InChI is InChI=1S/C23H26O5.C20H34O14.C18H25N5O7/c1-16-13-18(15-19(24)14-16)6-5-17-7-9-20(10-8-17)27-21(25)11-12-22(26)28-23(2,3)4;1-20(2,3)34-11(23)5-4-10(22)30-7-9-17(14(26)15(27)18(29)31-9)33-19-16(28)13(25)12(24)8(6-21)32-19;1-18(2,3)30-11(25)5-4-10(24)28-6-9-13(26)14(27)17(29-9)23-8-22-12-15(19)20-7-21-16(12)23/h5-10,13-15,24H,11-12H2,1-4H3;8-9,12-19,21,24-29H,4-7H2,1-3H3;7-9,13-14,17,26-27H,4-6H2,1-3H3,(H2,19,20,21)/b6-5+;;.